The molecule has 0 aliphatic carbocycles. The molecule has 1 atom stereocenters. The zero-order valence-corrected chi connectivity index (χ0v) is 21.5. The molecule has 0 aliphatic heterocycles. The van der Waals surface area contributed by atoms with Crippen LogP contribution in [-0.2, 0) is 22.7 Å². The van der Waals surface area contributed by atoms with E-state index in [1.165, 1.54) is 0 Å². The number of hydrogen-bond donors (Lipinski definition) is 0. The van der Waals surface area contributed by atoms with Gasteiger partial charge in [-0.2, -0.15) is 4.52 Å². The third kappa shape index (κ3) is 5.38. The summed E-state index contributed by atoms with van der Waals surface area (Å²) in [5.41, 5.74) is 2.31. The van der Waals surface area contributed by atoms with Gasteiger partial charge in [-0.3, -0.25) is 9.78 Å². The molecule has 38 heavy (non-hydrogen) atoms. The number of benzene rings is 1. The van der Waals surface area contributed by atoms with E-state index in [1.54, 1.807) is 43.1 Å². The number of ether oxygens (including phenoxy) is 3. The number of carbonyl (C=O) groups is 1. The van der Waals surface area contributed by atoms with Crippen molar-refractivity contribution in [3.63, 3.8) is 0 Å². The molecule has 4 aromatic heterocycles. The minimum atomic E-state index is 0.0627. The molecule has 0 N–H and O–H groups in total. The molecule has 5 aromatic rings. The summed E-state index contributed by atoms with van der Waals surface area (Å²) in [5, 5.41) is 19.0. The van der Waals surface area contributed by atoms with Gasteiger partial charge in [-0.25, -0.2) is 0 Å². The average Bonchev–Trinajstić information content (AvgIpc) is 3.58. The highest BCUT2D eigenvalue weighted by molar-refractivity contribution is 5.97. The number of methoxy groups -OCH3 is 2. The molecule has 0 amide bonds. The predicted octanol–water partition coefficient (Wildman–Crippen LogP) is 4.30. The molecule has 0 fully saturated rings. The van der Waals surface area contributed by atoms with E-state index in [0.717, 1.165) is 17.2 Å². The summed E-state index contributed by atoms with van der Waals surface area (Å²) >= 11 is 0. The second-order valence-electron chi connectivity index (χ2n) is 9.07. The number of aromatic nitrogens is 6. The van der Waals surface area contributed by atoms with Crippen LogP contribution in [0.3, 0.4) is 0 Å². The first-order valence-electron chi connectivity index (χ1n) is 12.3. The van der Waals surface area contributed by atoms with Gasteiger partial charge >= 0.3 is 0 Å². The molecule has 5 rings (SSSR count). The van der Waals surface area contributed by atoms with Crippen LogP contribution in [-0.4, -0.2) is 56.6 Å². The van der Waals surface area contributed by atoms with E-state index < -0.39 is 0 Å². The van der Waals surface area contributed by atoms with Crippen LogP contribution in [0.2, 0.25) is 0 Å². The van der Waals surface area contributed by atoms with Crippen LogP contribution in [0.4, 0.5) is 0 Å². The van der Waals surface area contributed by atoms with Gasteiger partial charge in [0.15, 0.2) is 22.9 Å². The van der Waals surface area contributed by atoms with Gasteiger partial charge in [0.05, 0.1) is 5.69 Å². The van der Waals surface area contributed by atoms with E-state index in [9.17, 15) is 4.79 Å². The molecule has 196 valence electrons. The fourth-order valence-corrected chi connectivity index (χ4v) is 4.15. The van der Waals surface area contributed by atoms with E-state index >= 15 is 0 Å². The van der Waals surface area contributed by atoms with Crippen LogP contribution in [0.1, 0.15) is 41.6 Å². The lowest BCUT2D eigenvalue weighted by molar-refractivity contribution is 0.0959. The fourth-order valence-electron chi connectivity index (χ4n) is 4.15. The maximum Gasteiger partial charge on any atom is 0.240 e. The lowest BCUT2D eigenvalue weighted by Gasteiger charge is -2.10. The van der Waals surface area contributed by atoms with Crippen molar-refractivity contribution in [2.45, 2.75) is 33.0 Å². The van der Waals surface area contributed by atoms with Crippen molar-refractivity contribution in [3.8, 4) is 17.4 Å². The number of carbonyl (C=O) groups excluding carboxylic acids is 1. The predicted molar refractivity (Wildman–Crippen MR) is 138 cm³/mol. The summed E-state index contributed by atoms with van der Waals surface area (Å²) in [5.74, 6) is 1.76. The largest absolute Gasteiger partial charge is 0.470 e. The highest BCUT2D eigenvalue weighted by Gasteiger charge is 2.19. The van der Waals surface area contributed by atoms with E-state index in [4.69, 9.17) is 18.7 Å². The van der Waals surface area contributed by atoms with Gasteiger partial charge in [0, 0.05) is 55.8 Å². The second kappa shape index (κ2) is 11.4. The number of fused-ring (bicyclic) bond motifs is 3. The molecule has 0 saturated heterocycles. The van der Waals surface area contributed by atoms with Crippen molar-refractivity contribution < 1.29 is 23.5 Å². The Labute approximate surface area is 218 Å². The smallest absolute Gasteiger partial charge is 0.240 e. The van der Waals surface area contributed by atoms with E-state index in [1.807, 2.05) is 24.3 Å². The number of nitrogens with zero attached hydrogens (tertiary/aromatic N) is 6. The second-order valence-corrected chi connectivity index (χ2v) is 9.07. The summed E-state index contributed by atoms with van der Waals surface area (Å²) in [6.07, 6.45) is 2.82. The van der Waals surface area contributed by atoms with Crippen molar-refractivity contribution >= 4 is 22.2 Å². The molecular formula is C27H28N6O5. The standard InChI is InChI=1S/C27H28N6O5/c1-17(14-35-2)8-11-24(34)18-9-10-19(28-13-18)15-37-27-22-7-5-4-6-21(22)25-29-30-26(33(25)31-27)23-12-20(16-36-3)38-32-23/h4-7,9-10,12-13,17H,8,11,14-16H2,1-3H3/t17-/m1/s1. The zero-order chi connectivity index (χ0) is 26.5. The van der Waals surface area contributed by atoms with Crippen molar-refractivity contribution in [3.05, 3.63) is 65.7 Å². The highest BCUT2D eigenvalue weighted by Crippen LogP contribution is 2.29. The average molecular weight is 517 g/mol. The summed E-state index contributed by atoms with van der Waals surface area (Å²) < 4.78 is 23.3. The molecule has 0 aliphatic rings. The maximum absolute atomic E-state index is 12.5. The van der Waals surface area contributed by atoms with Crippen LogP contribution < -0.4 is 4.74 Å². The van der Waals surface area contributed by atoms with Gasteiger partial charge in [-0.15, -0.1) is 15.3 Å². The molecular weight excluding hydrogens is 488 g/mol. The molecule has 11 nitrogen and oxygen atoms in total. The lowest BCUT2D eigenvalue weighted by atomic mass is 10.0. The van der Waals surface area contributed by atoms with Gasteiger partial charge < -0.3 is 18.7 Å². The molecule has 1 aromatic carbocycles. The minimum absolute atomic E-state index is 0.0627. The van der Waals surface area contributed by atoms with Gasteiger partial charge in [-0.1, -0.05) is 30.3 Å². The first-order chi connectivity index (χ1) is 18.6. The Bertz CT molecular complexity index is 1550. The zero-order valence-electron chi connectivity index (χ0n) is 21.5. The number of hydrogen-bond acceptors (Lipinski definition) is 10. The van der Waals surface area contributed by atoms with E-state index in [-0.39, 0.29) is 12.4 Å². The van der Waals surface area contributed by atoms with Crippen LogP contribution in [0.5, 0.6) is 5.88 Å². The molecule has 0 radical (unpaired) electrons. The SMILES string of the molecule is COCc1cc(-c2nnc3c4ccccc4c(OCc4ccc(C(=O)CC[C@@H](C)COC)cn4)nn23)no1. The lowest BCUT2D eigenvalue weighted by Crippen LogP contribution is -2.08. The Morgan fingerprint density at radius 2 is 1.89 bits per heavy atom. The molecule has 11 heteroatoms. The Kier molecular flexibility index (Phi) is 7.66. The molecule has 0 spiro atoms. The van der Waals surface area contributed by atoms with Crippen LogP contribution in [0.15, 0.2) is 53.2 Å². The minimum Gasteiger partial charge on any atom is -0.470 e. The summed E-state index contributed by atoms with van der Waals surface area (Å²) in [6, 6.07) is 13.0. The van der Waals surface area contributed by atoms with Gasteiger partial charge in [0.2, 0.25) is 11.7 Å². The monoisotopic (exact) mass is 516 g/mol. The fraction of sp³-hybridized carbons (Fsp3) is 0.333. The van der Waals surface area contributed by atoms with Gasteiger partial charge in [0.1, 0.15) is 13.2 Å². The summed E-state index contributed by atoms with van der Waals surface area (Å²) in [6.45, 7) is 3.16. The molecule has 0 unspecified atom stereocenters. The van der Waals surface area contributed by atoms with Crippen molar-refractivity contribution in [2.75, 3.05) is 20.8 Å². The molecule has 4 heterocycles. The highest BCUT2D eigenvalue weighted by atomic mass is 16.5. The van der Waals surface area contributed by atoms with E-state index in [0.29, 0.717) is 65.6 Å². The number of ketones is 1. The maximum atomic E-state index is 12.5. The number of rotatable bonds is 12. The Balaban J connectivity index is 1.36. The van der Waals surface area contributed by atoms with Gasteiger partial charge in [0.25, 0.3) is 0 Å². The number of pyridine rings is 1. The Morgan fingerprint density at radius 3 is 2.66 bits per heavy atom. The molecule has 0 bridgehead atoms. The van der Waals surface area contributed by atoms with Crippen LogP contribution >= 0.6 is 0 Å². The molecule has 0 saturated carbocycles. The number of Topliss-reactive ketones (excluding diaryl/α,β-unsaturated/α-hetero) is 1. The normalized spacial score (nSPS) is 12.3. The van der Waals surface area contributed by atoms with Crippen molar-refractivity contribution in [1.29, 1.82) is 0 Å². The van der Waals surface area contributed by atoms with Gasteiger partial charge in [-0.05, 0) is 30.5 Å². The topological polar surface area (TPSA) is 127 Å². The third-order valence-electron chi connectivity index (χ3n) is 6.12. The summed E-state index contributed by atoms with van der Waals surface area (Å²) in [7, 11) is 3.25. The van der Waals surface area contributed by atoms with Crippen molar-refractivity contribution in [2.24, 2.45) is 5.92 Å². The first kappa shape index (κ1) is 25.4. The van der Waals surface area contributed by atoms with Crippen LogP contribution in [0, 0.1) is 5.92 Å². The van der Waals surface area contributed by atoms with Crippen molar-refractivity contribution in [1.82, 2.24) is 30.0 Å². The Hall–Kier alpha value is -4.22. The Morgan fingerprint density at radius 1 is 1.05 bits per heavy atom. The third-order valence-corrected chi connectivity index (χ3v) is 6.12. The first-order valence-corrected chi connectivity index (χ1v) is 12.3. The summed E-state index contributed by atoms with van der Waals surface area (Å²) in [4.78, 5) is 17.0. The van der Waals surface area contributed by atoms with Crippen LogP contribution in [0.25, 0.3) is 27.9 Å². The quantitative estimate of drug-likeness (QED) is 0.221. The van der Waals surface area contributed by atoms with E-state index in [2.05, 4.69) is 32.4 Å².